The van der Waals surface area contributed by atoms with Crippen LogP contribution in [0.15, 0.2) is 69.9 Å². The van der Waals surface area contributed by atoms with Crippen LogP contribution in [0.5, 0.6) is 0 Å². The molecule has 7 heteroatoms. The minimum Gasteiger partial charge on any atom is -0.326 e. The Morgan fingerprint density at radius 3 is 2.44 bits per heavy atom. The maximum Gasteiger partial charge on any atom is 0.266 e. The number of aryl methyl sites for hydroxylation is 1. The first-order chi connectivity index (χ1) is 13.0. The van der Waals surface area contributed by atoms with Gasteiger partial charge in [-0.15, -0.1) is 0 Å². The van der Waals surface area contributed by atoms with Crippen LogP contribution in [0.1, 0.15) is 12.8 Å². The number of hydrogen-bond acceptors (Lipinski definition) is 3. The summed E-state index contributed by atoms with van der Waals surface area (Å²) >= 11 is 3.34. The average molecular weight is 430 g/mol. The summed E-state index contributed by atoms with van der Waals surface area (Å²) in [6, 6.07) is 16.2. The van der Waals surface area contributed by atoms with Gasteiger partial charge in [0.2, 0.25) is 5.91 Å². The fraction of sp³-hybridized carbons (Fsp3) is 0.150. The first-order valence-corrected chi connectivity index (χ1v) is 9.20. The van der Waals surface area contributed by atoms with Crippen LogP contribution in [0.4, 0.5) is 10.1 Å². The van der Waals surface area contributed by atoms with Gasteiger partial charge >= 0.3 is 0 Å². The number of hydrogen-bond donors (Lipinski definition) is 1. The Morgan fingerprint density at radius 1 is 1.04 bits per heavy atom. The van der Waals surface area contributed by atoms with Gasteiger partial charge in [-0.3, -0.25) is 9.59 Å². The summed E-state index contributed by atoms with van der Waals surface area (Å²) in [5.74, 6) is -0.455. The predicted molar refractivity (Wildman–Crippen MR) is 106 cm³/mol. The van der Waals surface area contributed by atoms with Crippen molar-refractivity contribution in [1.82, 2.24) is 9.78 Å². The zero-order chi connectivity index (χ0) is 19.2. The van der Waals surface area contributed by atoms with E-state index in [9.17, 15) is 14.0 Å². The highest BCUT2D eigenvalue weighted by Gasteiger charge is 2.06. The molecule has 2 aromatic carbocycles. The van der Waals surface area contributed by atoms with Gasteiger partial charge in [0.25, 0.3) is 5.56 Å². The van der Waals surface area contributed by atoms with Crippen molar-refractivity contribution >= 4 is 27.5 Å². The molecule has 1 aromatic heterocycles. The molecule has 0 fully saturated rings. The third kappa shape index (κ3) is 5.34. The summed E-state index contributed by atoms with van der Waals surface area (Å²) in [6.45, 7) is 0.321. The molecule has 0 saturated carbocycles. The van der Waals surface area contributed by atoms with Crippen LogP contribution in [0.2, 0.25) is 0 Å². The molecule has 0 atom stereocenters. The van der Waals surface area contributed by atoms with E-state index < -0.39 is 0 Å². The number of nitrogens with zero attached hydrogens (tertiary/aromatic N) is 2. The zero-order valence-electron chi connectivity index (χ0n) is 14.4. The molecule has 0 aliphatic carbocycles. The summed E-state index contributed by atoms with van der Waals surface area (Å²) in [4.78, 5) is 24.0. The molecule has 1 N–H and O–H groups in total. The molecule has 1 heterocycles. The second-order valence-electron chi connectivity index (χ2n) is 5.95. The number of halogens is 2. The predicted octanol–water partition coefficient (Wildman–Crippen LogP) is 4.23. The highest BCUT2D eigenvalue weighted by atomic mass is 79.9. The number of rotatable bonds is 6. The molecule has 5 nitrogen and oxygen atoms in total. The van der Waals surface area contributed by atoms with E-state index in [-0.39, 0.29) is 23.7 Å². The Kier molecular flexibility index (Phi) is 6.13. The van der Waals surface area contributed by atoms with Gasteiger partial charge in [0.05, 0.1) is 5.69 Å². The van der Waals surface area contributed by atoms with Crippen molar-refractivity contribution in [1.29, 1.82) is 0 Å². The second-order valence-corrected chi connectivity index (χ2v) is 6.86. The van der Waals surface area contributed by atoms with E-state index in [0.717, 1.165) is 15.7 Å². The van der Waals surface area contributed by atoms with Crippen molar-refractivity contribution in [2.45, 2.75) is 19.4 Å². The molecular formula is C20H17BrFN3O2. The molecule has 0 unspecified atom stereocenters. The van der Waals surface area contributed by atoms with Gasteiger partial charge in [0.15, 0.2) is 0 Å². The van der Waals surface area contributed by atoms with E-state index in [1.807, 2.05) is 12.1 Å². The normalized spacial score (nSPS) is 10.6. The topological polar surface area (TPSA) is 64.0 Å². The fourth-order valence-electron chi connectivity index (χ4n) is 2.53. The SMILES string of the molecule is O=C(CCCn1nc(-c2ccc(F)cc2)ccc1=O)Nc1ccc(Br)cc1. The van der Waals surface area contributed by atoms with Crippen molar-refractivity contribution in [2.75, 3.05) is 5.32 Å². The van der Waals surface area contributed by atoms with Gasteiger partial charge in [-0.2, -0.15) is 5.10 Å². The van der Waals surface area contributed by atoms with Crippen molar-refractivity contribution in [3.63, 3.8) is 0 Å². The maximum atomic E-state index is 13.0. The molecule has 0 spiro atoms. The number of carbonyl (C=O) groups excluding carboxylic acids is 1. The van der Waals surface area contributed by atoms with E-state index in [0.29, 0.717) is 18.7 Å². The van der Waals surface area contributed by atoms with E-state index in [4.69, 9.17) is 0 Å². The number of benzene rings is 2. The minimum absolute atomic E-state index is 0.125. The van der Waals surface area contributed by atoms with Gasteiger partial charge in [0.1, 0.15) is 5.82 Å². The smallest absolute Gasteiger partial charge is 0.266 e. The summed E-state index contributed by atoms with van der Waals surface area (Å²) in [6.07, 6.45) is 0.743. The Morgan fingerprint density at radius 2 is 1.74 bits per heavy atom. The summed E-state index contributed by atoms with van der Waals surface area (Å²) in [5, 5.41) is 7.12. The number of nitrogens with one attached hydrogen (secondary N) is 1. The molecule has 0 saturated heterocycles. The van der Waals surface area contributed by atoms with E-state index in [1.165, 1.54) is 22.9 Å². The Bertz CT molecular complexity index is 985. The van der Waals surface area contributed by atoms with Crippen LogP contribution in [0.25, 0.3) is 11.3 Å². The number of anilines is 1. The molecule has 0 radical (unpaired) electrons. The lowest BCUT2D eigenvalue weighted by atomic mass is 10.1. The third-order valence-corrected chi connectivity index (χ3v) is 4.44. The largest absolute Gasteiger partial charge is 0.326 e. The number of carbonyl (C=O) groups is 1. The zero-order valence-corrected chi connectivity index (χ0v) is 15.9. The second kappa shape index (κ2) is 8.73. The quantitative estimate of drug-likeness (QED) is 0.637. The van der Waals surface area contributed by atoms with Gasteiger partial charge in [0, 0.05) is 34.8 Å². The number of aromatic nitrogens is 2. The van der Waals surface area contributed by atoms with Crippen LogP contribution >= 0.6 is 15.9 Å². The van der Waals surface area contributed by atoms with Crippen LogP contribution in [-0.2, 0) is 11.3 Å². The fourth-order valence-corrected chi connectivity index (χ4v) is 2.79. The minimum atomic E-state index is -0.330. The van der Waals surface area contributed by atoms with Crippen molar-refractivity contribution in [3.05, 3.63) is 81.3 Å². The lowest BCUT2D eigenvalue weighted by Gasteiger charge is -2.08. The lowest BCUT2D eigenvalue weighted by molar-refractivity contribution is -0.116. The highest BCUT2D eigenvalue weighted by Crippen LogP contribution is 2.16. The van der Waals surface area contributed by atoms with E-state index in [2.05, 4.69) is 26.3 Å². The molecule has 27 heavy (non-hydrogen) atoms. The van der Waals surface area contributed by atoms with Crippen molar-refractivity contribution in [2.24, 2.45) is 0 Å². The first kappa shape index (κ1) is 19.0. The Labute approximate surface area is 164 Å². The standard InChI is InChI=1S/C20H17BrFN3O2/c21-15-5-9-17(10-6-15)23-19(26)2-1-13-25-20(27)12-11-18(24-25)14-3-7-16(22)8-4-14/h3-12H,1-2,13H2,(H,23,26). The van der Waals surface area contributed by atoms with Crippen LogP contribution < -0.4 is 10.9 Å². The molecule has 0 aliphatic heterocycles. The number of amides is 1. The molecule has 0 bridgehead atoms. The maximum absolute atomic E-state index is 13.0. The third-order valence-electron chi connectivity index (χ3n) is 3.91. The van der Waals surface area contributed by atoms with Crippen LogP contribution in [0.3, 0.4) is 0 Å². The molecular weight excluding hydrogens is 413 g/mol. The molecule has 138 valence electrons. The summed E-state index contributed by atoms with van der Waals surface area (Å²) in [7, 11) is 0. The van der Waals surface area contributed by atoms with Gasteiger partial charge in [-0.05, 0) is 61.0 Å². The molecule has 3 aromatic rings. The lowest BCUT2D eigenvalue weighted by Crippen LogP contribution is -2.23. The van der Waals surface area contributed by atoms with Crippen LogP contribution in [-0.4, -0.2) is 15.7 Å². The van der Waals surface area contributed by atoms with Crippen molar-refractivity contribution in [3.8, 4) is 11.3 Å². The molecule has 1 amide bonds. The molecule has 0 aliphatic rings. The average Bonchev–Trinajstić information content (AvgIpc) is 2.66. The monoisotopic (exact) mass is 429 g/mol. The van der Waals surface area contributed by atoms with E-state index in [1.54, 1.807) is 30.3 Å². The van der Waals surface area contributed by atoms with E-state index >= 15 is 0 Å². The van der Waals surface area contributed by atoms with Crippen molar-refractivity contribution < 1.29 is 9.18 Å². The first-order valence-electron chi connectivity index (χ1n) is 8.41. The Balaban J connectivity index is 1.59. The summed E-state index contributed by atoms with van der Waals surface area (Å²) < 4.78 is 15.3. The molecule has 3 rings (SSSR count). The van der Waals surface area contributed by atoms with Gasteiger partial charge in [-0.1, -0.05) is 15.9 Å². The van der Waals surface area contributed by atoms with Gasteiger partial charge < -0.3 is 5.32 Å². The van der Waals surface area contributed by atoms with Gasteiger partial charge in [-0.25, -0.2) is 9.07 Å². The van der Waals surface area contributed by atoms with Crippen LogP contribution in [0, 0.1) is 5.82 Å². The Hall–Kier alpha value is -2.80. The summed E-state index contributed by atoms with van der Waals surface area (Å²) in [5.41, 5.74) is 1.78. The highest BCUT2D eigenvalue weighted by molar-refractivity contribution is 9.10.